The second kappa shape index (κ2) is 24.4. The van der Waals surface area contributed by atoms with E-state index in [9.17, 15) is 44.6 Å². The van der Waals surface area contributed by atoms with Gasteiger partial charge in [-0.25, -0.2) is 19.2 Å². The highest BCUT2D eigenvalue weighted by Gasteiger charge is 2.87. The van der Waals surface area contributed by atoms with Crippen molar-refractivity contribution in [3.05, 3.63) is 34.4 Å². The SMILES string of the molecule is CNC(=O)O[C@H](C(C)C)[C@H]1C[C@@H](C)[C@H]2[C@H](O1)[C@H](O)[C@@]1(C)[C@@H]3CC[C@H]4C(C)(C)[C@@H](O)CCC45C[C@@]35CC[C@]21C.CNC(=O)O[C@H](C(C)C)[C@H]1C[C@@H](C)[C@H]2[C@H](O1)[C@H](O)[C@@]1(C)[C@@H]3CC[C@H]4C(C)(C)[C@@H](OC(=O)N5CCC5)CCC45C[C@@]35CC[C@]21C.O=C(Cl)Oc1ccc([N+](=O)[O-])cc1. The van der Waals surface area contributed by atoms with Gasteiger partial charge in [0.1, 0.15) is 24.1 Å². The van der Waals surface area contributed by atoms with Crippen LogP contribution >= 0.6 is 11.6 Å². The van der Waals surface area contributed by atoms with Crippen molar-refractivity contribution in [3.63, 3.8) is 0 Å². The zero-order chi connectivity index (χ0) is 69.1. The van der Waals surface area contributed by atoms with Crippen LogP contribution in [0.15, 0.2) is 24.3 Å². The molecule has 3 saturated heterocycles. The maximum absolute atomic E-state index is 12.9. The Morgan fingerprint density at radius 1 is 0.621 bits per heavy atom. The third kappa shape index (κ3) is 10.3. The minimum absolute atomic E-state index is 0.0115. The first-order valence-electron chi connectivity index (χ1n) is 36.7. The highest BCUT2D eigenvalue weighted by Crippen LogP contribution is 2.91. The molecule has 1 aromatic rings. The summed E-state index contributed by atoms with van der Waals surface area (Å²) in [6, 6.07) is 5.02. The number of carbonyl (C=O) groups excluding carboxylic acids is 4. The van der Waals surface area contributed by atoms with Crippen molar-refractivity contribution in [3.8, 4) is 5.75 Å². The highest BCUT2D eigenvalue weighted by molar-refractivity contribution is 6.61. The molecule has 3 aliphatic heterocycles. The number of non-ortho nitro benzene ring substituents is 1. The number of nitro groups is 1. The molecule has 532 valence electrons. The van der Waals surface area contributed by atoms with Crippen LogP contribution in [0.4, 0.5) is 24.9 Å². The number of nitro benzene ring substituents is 1. The molecule has 5 N–H and O–H groups in total. The standard InChI is InChI=1S/C36H58N2O6.C32H53NO5.C7H4ClNO4/c1-20(2)27(44-30(40)37-8)22-18-21(3)26-28(42-22)29(39)34(7)24-11-10-23-32(4,5)25(43-31(41)38-16-9-17-38)12-13-35(23)19-36(24,35)15-14-33(26,34)6;1-17(2)24(38-27(36)33-8)19-15-18(3)23-25(37-19)26(35)30(7)21-10-9-20-28(4,5)22(34)11-12-31(20)16-32(21,31)14-13-29(23,30)6;8-7(10)13-6-3-1-5(2-4-6)9(11)12/h20-29,39H,9-19H2,1-8H3,(H,37,40);17-26,34-35H,9-16H2,1-8H3,(H,33,36);1-4H/t21-,22-,23+,24+,25+,26+,27-,28+,29+,33-,34-,35?,36+;18-,19-,20+,21+,22+,23+,24-,25+,26+,29-,30-,31?,32+;/m11./s1. The molecule has 20 heteroatoms. The van der Waals surface area contributed by atoms with E-state index in [0.29, 0.717) is 52.3 Å². The number of alkyl carbamates (subject to hydrolysis) is 2. The summed E-state index contributed by atoms with van der Waals surface area (Å²) in [5.41, 5.74) is -0.374. The van der Waals surface area contributed by atoms with Gasteiger partial charge in [0.05, 0.1) is 47.7 Å². The van der Waals surface area contributed by atoms with E-state index < -0.39 is 34.7 Å². The summed E-state index contributed by atoms with van der Waals surface area (Å²) < 4.78 is 36.2. The number of aliphatic hydroxyl groups excluding tert-OH is 3. The number of fused-ring (bicyclic) bond motifs is 8. The van der Waals surface area contributed by atoms with Crippen LogP contribution in [0.5, 0.6) is 5.75 Å². The van der Waals surface area contributed by atoms with Crippen molar-refractivity contribution < 1.29 is 67.8 Å². The fourth-order valence-electron chi connectivity index (χ4n) is 26.3. The van der Waals surface area contributed by atoms with E-state index >= 15 is 0 Å². The minimum Gasteiger partial charge on any atom is -0.446 e. The van der Waals surface area contributed by atoms with Crippen LogP contribution in [0.25, 0.3) is 0 Å². The molecular weight excluding hydrogens is 1230 g/mol. The quantitative estimate of drug-likeness (QED) is 0.0667. The Bertz CT molecular complexity index is 3110. The zero-order valence-corrected chi connectivity index (χ0v) is 60.6. The molecule has 4 spiro atoms. The monoisotopic (exact) mass is 1350 g/mol. The maximum atomic E-state index is 12.9. The van der Waals surface area contributed by atoms with Gasteiger partial charge in [-0.1, -0.05) is 96.9 Å². The van der Waals surface area contributed by atoms with Crippen molar-refractivity contribution in [1.29, 1.82) is 0 Å². The molecule has 14 rings (SSSR count). The van der Waals surface area contributed by atoms with Gasteiger partial charge in [-0.2, -0.15) is 0 Å². The van der Waals surface area contributed by atoms with E-state index in [0.717, 1.165) is 90.1 Å². The molecule has 3 heterocycles. The van der Waals surface area contributed by atoms with Crippen LogP contribution in [0.3, 0.4) is 0 Å². The Morgan fingerprint density at radius 2 is 1.04 bits per heavy atom. The second-order valence-corrected chi connectivity index (χ2v) is 36.0. The fraction of sp³-hybridized carbons (Fsp3) is 0.867. The fourth-order valence-corrected chi connectivity index (χ4v) is 26.4. The number of aliphatic hydroxyl groups is 3. The molecule has 2 unspecified atom stereocenters. The van der Waals surface area contributed by atoms with E-state index in [1.807, 2.05) is 4.90 Å². The van der Waals surface area contributed by atoms with Crippen LogP contribution in [-0.2, 0) is 23.7 Å². The first-order chi connectivity index (χ1) is 44.5. The smallest absolute Gasteiger partial charge is 0.410 e. The Labute approximate surface area is 569 Å². The number of nitrogens with one attached hydrogen (secondary N) is 2. The summed E-state index contributed by atoms with van der Waals surface area (Å²) in [6.07, 6.45) is 15.0. The highest BCUT2D eigenvalue weighted by atomic mass is 35.5. The molecule has 0 aromatic heterocycles. The molecule has 10 saturated carbocycles. The number of nitrogens with zero attached hydrogens (tertiary/aromatic N) is 2. The van der Waals surface area contributed by atoms with Crippen LogP contribution < -0.4 is 15.4 Å². The predicted octanol–water partition coefficient (Wildman–Crippen LogP) is 14.3. The third-order valence-corrected chi connectivity index (χ3v) is 31.2. The van der Waals surface area contributed by atoms with Gasteiger partial charge in [-0.05, 0) is 218 Å². The van der Waals surface area contributed by atoms with Gasteiger partial charge in [-0.3, -0.25) is 10.1 Å². The van der Waals surface area contributed by atoms with Crippen molar-refractivity contribution in [2.24, 2.45) is 113 Å². The van der Waals surface area contributed by atoms with E-state index in [1.54, 1.807) is 14.1 Å². The predicted molar refractivity (Wildman–Crippen MR) is 358 cm³/mol. The van der Waals surface area contributed by atoms with Gasteiger partial charge in [0, 0.05) is 67.2 Å². The Morgan fingerprint density at radius 3 is 1.44 bits per heavy atom. The molecule has 13 fully saturated rings. The molecule has 13 aliphatic rings. The van der Waals surface area contributed by atoms with Gasteiger partial charge in [0.25, 0.3) is 5.69 Å². The van der Waals surface area contributed by atoms with E-state index in [4.69, 9.17) is 35.3 Å². The summed E-state index contributed by atoms with van der Waals surface area (Å²) in [4.78, 5) is 59.0. The lowest BCUT2D eigenvalue weighted by molar-refractivity contribution is -0.384. The van der Waals surface area contributed by atoms with Gasteiger partial charge in [-0.15, -0.1) is 0 Å². The van der Waals surface area contributed by atoms with Gasteiger partial charge < -0.3 is 59.3 Å². The van der Waals surface area contributed by atoms with Crippen molar-refractivity contribution >= 4 is 41.0 Å². The van der Waals surface area contributed by atoms with Gasteiger partial charge >= 0.3 is 23.7 Å². The number of amides is 3. The topological polar surface area (TPSA) is 255 Å². The average molecular weight is 1350 g/mol. The number of hydrogen-bond acceptors (Lipinski definition) is 15. The number of halogens is 1. The largest absolute Gasteiger partial charge is 0.446 e. The van der Waals surface area contributed by atoms with Crippen molar-refractivity contribution in [2.45, 2.75) is 267 Å². The van der Waals surface area contributed by atoms with Crippen molar-refractivity contribution in [1.82, 2.24) is 15.5 Å². The van der Waals surface area contributed by atoms with E-state index in [-0.39, 0.29) is 127 Å². The first kappa shape index (κ1) is 70.8. The normalized spacial score (nSPS) is 46.7. The van der Waals surface area contributed by atoms with Crippen LogP contribution in [0.2, 0.25) is 0 Å². The Kier molecular flexibility index (Phi) is 18.2. The molecule has 3 amide bonds. The summed E-state index contributed by atoms with van der Waals surface area (Å²) in [5, 5.41) is 51.2. The number of hydrogen-bond donors (Lipinski definition) is 5. The van der Waals surface area contributed by atoms with Crippen LogP contribution in [0.1, 0.15) is 206 Å². The number of rotatable bonds is 9. The lowest BCUT2D eigenvalue weighted by Gasteiger charge is -2.63. The maximum Gasteiger partial charge on any atom is 0.410 e. The lowest BCUT2D eigenvalue weighted by atomic mass is 9.41. The molecule has 95 heavy (non-hydrogen) atoms. The lowest BCUT2D eigenvalue weighted by Crippen LogP contribution is -2.60. The Balaban J connectivity index is 0.000000154. The summed E-state index contributed by atoms with van der Waals surface area (Å²) in [6.45, 7) is 33.8. The third-order valence-electron chi connectivity index (χ3n) is 31.1. The van der Waals surface area contributed by atoms with Crippen LogP contribution in [0, 0.1) is 123 Å². The van der Waals surface area contributed by atoms with Gasteiger partial charge in [0.2, 0.25) is 0 Å². The number of carbonyl (C=O) groups is 4. The zero-order valence-electron chi connectivity index (χ0n) is 59.8. The van der Waals surface area contributed by atoms with Crippen LogP contribution in [-0.4, -0.2) is 137 Å². The number of benzene rings is 1. The minimum atomic E-state index is -0.978. The van der Waals surface area contributed by atoms with E-state index in [2.05, 4.69) is 112 Å². The second-order valence-electron chi connectivity index (χ2n) is 35.7. The summed E-state index contributed by atoms with van der Waals surface area (Å²) >= 11 is 4.92. The molecule has 19 nitrogen and oxygen atoms in total. The number of likely N-dealkylation sites (tertiary alicyclic amines) is 1. The average Bonchev–Trinajstić information content (AvgIpc) is 1.47. The van der Waals surface area contributed by atoms with Crippen molar-refractivity contribution in [2.75, 3.05) is 27.2 Å². The summed E-state index contributed by atoms with van der Waals surface area (Å²) in [5.74, 6) is 3.82. The molecule has 0 radical (unpaired) electrons. The molecule has 1 aromatic carbocycles. The van der Waals surface area contributed by atoms with Gasteiger partial charge in [0.15, 0.2) is 0 Å². The number of ether oxygens (including phenoxy) is 6. The molecule has 0 bridgehead atoms. The summed E-state index contributed by atoms with van der Waals surface area (Å²) in [7, 11) is 3.19. The Hall–Kier alpha value is -4.01. The molecule has 26 atom stereocenters. The van der Waals surface area contributed by atoms with E-state index in [1.165, 1.54) is 56.4 Å². The first-order valence-corrected chi connectivity index (χ1v) is 37.1. The molecule has 10 aliphatic carbocycles. The molecular formula is C75H115ClN4O15.